The SMILES string of the molecule is CN=C(NCCS(=O)(=O)c1ccccc1)N(C)Cc1ccc(OC)cc1OC. The summed E-state index contributed by atoms with van der Waals surface area (Å²) in [7, 11) is 3.42. The summed E-state index contributed by atoms with van der Waals surface area (Å²) in [4.78, 5) is 6.46. The van der Waals surface area contributed by atoms with Crippen molar-refractivity contribution in [1.82, 2.24) is 10.2 Å². The van der Waals surface area contributed by atoms with Crippen LogP contribution in [-0.2, 0) is 16.4 Å². The van der Waals surface area contributed by atoms with E-state index in [-0.39, 0.29) is 12.3 Å². The number of hydrogen-bond donors (Lipinski definition) is 1. The summed E-state index contributed by atoms with van der Waals surface area (Å²) in [5, 5.41) is 3.11. The molecule has 0 spiro atoms. The molecular formula is C20H27N3O4S. The molecule has 0 aliphatic carbocycles. The highest BCUT2D eigenvalue weighted by molar-refractivity contribution is 7.91. The van der Waals surface area contributed by atoms with E-state index >= 15 is 0 Å². The molecule has 0 aromatic heterocycles. The topological polar surface area (TPSA) is 80.2 Å². The minimum Gasteiger partial charge on any atom is -0.497 e. The first-order chi connectivity index (χ1) is 13.4. The summed E-state index contributed by atoms with van der Waals surface area (Å²) in [6.45, 7) is 0.798. The van der Waals surface area contributed by atoms with Crippen molar-refractivity contribution in [3.05, 3.63) is 54.1 Å². The Balaban J connectivity index is 1.98. The lowest BCUT2D eigenvalue weighted by molar-refractivity contribution is 0.382. The molecule has 1 N–H and O–H groups in total. The van der Waals surface area contributed by atoms with Crippen LogP contribution in [0.5, 0.6) is 11.5 Å². The maximum absolute atomic E-state index is 12.4. The Kier molecular flexibility index (Phi) is 7.69. The second-order valence-corrected chi connectivity index (χ2v) is 8.25. The zero-order valence-corrected chi connectivity index (χ0v) is 17.5. The summed E-state index contributed by atoms with van der Waals surface area (Å²) < 4.78 is 35.4. The van der Waals surface area contributed by atoms with Crippen LogP contribution in [-0.4, -0.2) is 59.9 Å². The summed E-state index contributed by atoms with van der Waals surface area (Å²) in [5.41, 5.74) is 0.964. The van der Waals surface area contributed by atoms with Crippen LogP contribution in [0.2, 0.25) is 0 Å². The minimum atomic E-state index is -3.34. The summed E-state index contributed by atoms with van der Waals surface area (Å²) >= 11 is 0. The molecule has 2 aromatic carbocycles. The number of aliphatic imine (C=N–C) groups is 1. The highest BCUT2D eigenvalue weighted by Crippen LogP contribution is 2.25. The van der Waals surface area contributed by atoms with Gasteiger partial charge in [0, 0.05) is 38.8 Å². The predicted molar refractivity (Wildman–Crippen MR) is 111 cm³/mol. The van der Waals surface area contributed by atoms with Crippen LogP contribution in [0.15, 0.2) is 58.4 Å². The number of benzene rings is 2. The minimum absolute atomic E-state index is 0.0181. The van der Waals surface area contributed by atoms with E-state index in [1.54, 1.807) is 51.6 Å². The van der Waals surface area contributed by atoms with E-state index in [4.69, 9.17) is 9.47 Å². The van der Waals surface area contributed by atoms with Gasteiger partial charge >= 0.3 is 0 Å². The Morgan fingerprint density at radius 3 is 2.43 bits per heavy atom. The van der Waals surface area contributed by atoms with Crippen molar-refractivity contribution in [1.29, 1.82) is 0 Å². The Morgan fingerprint density at radius 2 is 1.82 bits per heavy atom. The van der Waals surface area contributed by atoms with Crippen molar-refractivity contribution in [2.45, 2.75) is 11.4 Å². The molecule has 0 heterocycles. The molecule has 8 heteroatoms. The molecule has 28 heavy (non-hydrogen) atoms. The van der Waals surface area contributed by atoms with Crippen molar-refractivity contribution >= 4 is 15.8 Å². The van der Waals surface area contributed by atoms with Crippen molar-refractivity contribution in [3.8, 4) is 11.5 Å². The van der Waals surface area contributed by atoms with Gasteiger partial charge in [0.1, 0.15) is 11.5 Å². The third-order valence-corrected chi connectivity index (χ3v) is 5.96. The maximum atomic E-state index is 12.4. The molecule has 0 atom stereocenters. The van der Waals surface area contributed by atoms with Crippen molar-refractivity contribution < 1.29 is 17.9 Å². The van der Waals surface area contributed by atoms with E-state index in [2.05, 4.69) is 10.3 Å². The summed E-state index contributed by atoms with van der Waals surface area (Å²) in [5.74, 6) is 2.02. The van der Waals surface area contributed by atoms with Gasteiger partial charge in [-0.25, -0.2) is 8.42 Å². The number of rotatable bonds is 8. The third kappa shape index (κ3) is 5.63. The van der Waals surface area contributed by atoms with Crippen LogP contribution in [0, 0.1) is 0 Å². The molecule has 0 radical (unpaired) electrons. The highest BCUT2D eigenvalue weighted by Gasteiger charge is 2.15. The molecule has 0 bridgehead atoms. The Hall–Kier alpha value is -2.74. The fraction of sp³-hybridized carbons (Fsp3) is 0.350. The fourth-order valence-electron chi connectivity index (χ4n) is 2.74. The van der Waals surface area contributed by atoms with Crippen molar-refractivity contribution in [2.24, 2.45) is 4.99 Å². The van der Waals surface area contributed by atoms with E-state index in [9.17, 15) is 8.42 Å². The Bertz CT molecular complexity index is 899. The van der Waals surface area contributed by atoms with Gasteiger partial charge in [-0.3, -0.25) is 4.99 Å². The number of hydrogen-bond acceptors (Lipinski definition) is 5. The van der Waals surface area contributed by atoms with Crippen LogP contribution in [0.1, 0.15) is 5.56 Å². The molecule has 0 aliphatic heterocycles. The average Bonchev–Trinajstić information content (AvgIpc) is 2.72. The third-order valence-electron chi connectivity index (χ3n) is 4.23. The normalized spacial score (nSPS) is 11.8. The number of ether oxygens (including phenoxy) is 2. The van der Waals surface area contributed by atoms with Crippen LogP contribution in [0.4, 0.5) is 0 Å². The van der Waals surface area contributed by atoms with Gasteiger partial charge in [-0.05, 0) is 24.3 Å². The molecule has 0 fully saturated rings. The largest absolute Gasteiger partial charge is 0.497 e. The molecular weight excluding hydrogens is 378 g/mol. The van der Waals surface area contributed by atoms with Gasteiger partial charge in [-0.1, -0.05) is 18.2 Å². The first-order valence-corrected chi connectivity index (χ1v) is 10.5. The van der Waals surface area contributed by atoms with E-state index in [1.807, 2.05) is 30.1 Å². The molecule has 2 aromatic rings. The molecule has 7 nitrogen and oxygen atoms in total. The van der Waals surface area contributed by atoms with E-state index in [0.717, 1.165) is 11.3 Å². The number of sulfone groups is 1. The maximum Gasteiger partial charge on any atom is 0.193 e. The number of nitrogens with one attached hydrogen (secondary N) is 1. The molecule has 2 rings (SSSR count). The van der Waals surface area contributed by atoms with Crippen molar-refractivity contribution in [2.75, 3.05) is 40.6 Å². The summed E-state index contributed by atoms with van der Waals surface area (Å²) in [6.07, 6.45) is 0. The first kappa shape index (κ1) is 21.6. The Labute approximate surface area is 166 Å². The van der Waals surface area contributed by atoms with Gasteiger partial charge in [0.2, 0.25) is 0 Å². The van der Waals surface area contributed by atoms with E-state index in [0.29, 0.717) is 23.1 Å². The van der Waals surface area contributed by atoms with E-state index < -0.39 is 9.84 Å². The smallest absolute Gasteiger partial charge is 0.193 e. The van der Waals surface area contributed by atoms with Gasteiger partial charge < -0.3 is 19.7 Å². The van der Waals surface area contributed by atoms with Crippen LogP contribution in [0.3, 0.4) is 0 Å². The lowest BCUT2D eigenvalue weighted by atomic mass is 10.2. The quantitative estimate of drug-likeness (QED) is 0.536. The van der Waals surface area contributed by atoms with Crippen LogP contribution < -0.4 is 14.8 Å². The van der Waals surface area contributed by atoms with Crippen molar-refractivity contribution in [3.63, 3.8) is 0 Å². The van der Waals surface area contributed by atoms with Gasteiger partial charge in [0.25, 0.3) is 0 Å². The zero-order chi connectivity index (χ0) is 20.6. The molecule has 0 unspecified atom stereocenters. The van der Waals surface area contributed by atoms with Gasteiger partial charge in [-0.15, -0.1) is 0 Å². The number of guanidine groups is 1. The predicted octanol–water partition coefficient (Wildman–Crippen LogP) is 2.18. The highest BCUT2D eigenvalue weighted by atomic mass is 32.2. The van der Waals surface area contributed by atoms with Gasteiger partial charge in [0.15, 0.2) is 15.8 Å². The van der Waals surface area contributed by atoms with Gasteiger partial charge in [-0.2, -0.15) is 0 Å². The molecule has 0 saturated heterocycles. The average molecular weight is 406 g/mol. The number of nitrogens with zero attached hydrogens (tertiary/aromatic N) is 2. The summed E-state index contributed by atoms with van der Waals surface area (Å²) in [6, 6.07) is 14.1. The Morgan fingerprint density at radius 1 is 1.11 bits per heavy atom. The first-order valence-electron chi connectivity index (χ1n) is 8.81. The van der Waals surface area contributed by atoms with Crippen LogP contribution in [0.25, 0.3) is 0 Å². The number of methoxy groups -OCH3 is 2. The second kappa shape index (κ2) is 9.98. The molecule has 0 saturated carbocycles. The second-order valence-electron chi connectivity index (χ2n) is 6.14. The fourth-order valence-corrected chi connectivity index (χ4v) is 3.92. The van der Waals surface area contributed by atoms with E-state index in [1.165, 1.54) is 0 Å². The molecule has 152 valence electrons. The lowest BCUT2D eigenvalue weighted by Gasteiger charge is -2.23. The lowest BCUT2D eigenvalue weighted by Crippen LogP contribution is -2.40. The standard InChI is InChI=1S/C20H27N3O4S/c1-21-20(22-12-13-28(24,25)18-8-6-5-7-9-18)23(2)15-16-10-11-17(26-3)14-19(16)27-4/h5-11,14H,12-13,15H2,1-4H3,(H,21,22). The zero-order valence-electron chi connectivity index (χ0n) is 16.7. The van der Waals surface area contributed by atoms with Crippen LogP contribution >= 0.6 is 0 Å². The molecule has 0 amide bonds. The van der Waals surface area contributed by atoms with Gasteiger partial charge in [0.05, 0.1) is 24.9 Å². The molecule has 0 aliphatic rings. The monoisotopic (exact) mass is 405 g/mol.